The second-order valence-electron chi connectivity index (χ2n) is 6.64. The van der Waals surface area contributed by atoms with Crippen LogP contribution in [0.3, 0.4) is 0 Å². The molecular formula is C15H29N3O2. The van der Waals surface area contributed by atoms with Crippen LogP contribution in [-0.2, 0) is 9.53 Å². The highest BCUT2D eigenvalue weighted by Gasteiger charge is 2.31. The van der Waals surface area contributed by atoms with E-state index in [1.165, 1.54) is 0 Å². The predicted molar refractivity (Wildman–Crippen MR) is 79.7 cm³/mol. The Bertz CT molecular complexity index is 330. The summed E-state index contributed by atoms with van der Waals surface area (Å²) in [6.45, 7) is 10.3. The zero-order valence-electron chi connectivity index (χ0n) is 13.3. The fraction of sp³-hybridized carbons (Fsp3) is 0.933. The van der Waals surface area contributed by atoms with Crippen LogP contribution in [0.5, 0.6) is 0 Å². The number of ether oxygens (including phenoxy) is 1. The molecule has 2 fully saturated rings. The topological polar surface area (TPSA) is 44.8 Å². The molecule has 1 amide bonds. The van der Waals surface area contributed by atoms with Gasteiger partial charge in [-0.05, 0) is 40.7 Å². The molecule has 2 unspecified atom stereocenters. The molecule has 20 heavy (non-hydrogen) atoms. The molecule has 0 aromatic carbocycles. The Balaban J connectivity index is 1.80. The minimum Gasteiger partial charge on any atom is -0.372 e. The van der Waals surface area contributed by atoms with E-state index in [2.05, 4.69) is 17.1 Å². The first kappa shape index (κ1) is 15.7. The zero-order chi connectivity index (χ0) is 14.8. The summed E-state index contributed by atoms with van der Waals surface area (Å²) < 4.78 is 5.68. The average molecular weight is 283 g/mol. The Hall–Kier alpha value is -0.650. The molecule has 2 saturated heterocycles. The van der Waals surface area contributed by atoms with Crippen molar-refractivity contribution in [2.24, 2.45) is 0 Å². The molecule has 0 saturated carbocycles. The number of piperidine rings is 1. The number of carbonyl (C=O) groups is 1. The second kappa shape index (κ2) is 6.41. The smallest absolute Gasteiger partial charge is 0.236 e. The van der Waals surface area contributed by atoms with Crippen LogP contribution in [0, 0.1) is 0 Å². The van der Waals surface area contributed by atoms with Crippen LogP contribution in [0.15, 0.2) is 0 Å². The molecule has 2 atom stereocenters. The Morgan fingerprint density at radius 3 is 2.30 bits per heavy atom. The molecular weight excluding hydrogens is 254 g/mol. The highest BCUT2D eigenvalue weighted by molar-refractivity contribution is 5.78. The van der Waals surface area contributed by atoms with Gasteiger partial charge in [-0.3, -0.25) is 9.69 Å². The minimum absolute atomic E-state index is 0.150. The zero-order valence-corrected chi connectivity index (χ0v) is 13.3. The number of morpholine rings is 1. The van der Waals surface area contributed by atoms with Gasteiger partial charge in [0, 0.05) is 31.7 Å². The van der Waals surface area contributed by atoms with Crippen LogP contribution in [0.4, 0.5) is 0 Å². The van der Waals surface area contributed by atoms with E-state index in [-0.39, 0.29) is 23.7 Å². The van der Waals surface area contributed by atoms with Gasteiger partial charge < -0.3 is 15.0 Å². The lowest BCUT2D eigenvalue weighted by Crippen LogP contribution is -2.54. The molecule has 2 aliphatic heterocycles. The van der Waals surface area contributed by atoms with Gasteiger partial charge in [0.15, 0.2) is 0 Å². The van der Waals surface area contributed by atoms with Crippen molar-refractivity contribution in [3.8, 4) is 0 Å². The summed E-state index contributed by atoms with van der Waals surface area (Å²) in [6.07, 6.45) is 2.51. The van der Waals surface area contributed by atoms with Gasteiger partial charge in [-0.15, -0.1) is 0 Å². The summed E-state index contributed by atoms with van der Waals surface area (Å²) in [4.78, 5) is 16.6. The van der Waals surface area contributed by atoms with Crippen LogP contribution < -0.4 is 5.32 Å². The fourth-order valence-electron chi connectivity index (χ4n) is 3.13. The molecule has 5 nitrogen and oxygen atoms in total. The molecule has 1 N–H and O–H groups in total. The fourth-order valence-corrected chi connectivity index (χ4v) is 3.13. The molecule has 0 bridgehead atoms. The third-order valence-electron chi connectivity index (χ3n) is 4.69. The summed E-state index contributed by atoms with van der Waals surface area (Å²) in [6, 6.07) is 0. The molecule has 0 radical (unpaired) electrons. The lowest BCUT2D eigenvalue weighted by atomic mass is 9.90. The van der Waals surface area contributed by atoms with Crippen molar-refractivity contribution < 1.29 is 9.53 Å². The van der Waals surface area contributed by atoms with Crippen molar-refractivity contribution >= 4 is 5.91 Å². The van der Waals surface area contributed by atoms with E-state index < -0.39 is 0 Å². The van der Waals surface area contributed by atoms with E-state index >= 15 is 0 Å². The van der Waals surface area contributed by atoms with Gasteiger partial charge in [0.1, 0.15) is 0 Å². The minimum atomic E-state index is 0.150. The van der Waals surface area contributed by atoms with Crippen molar-refractivity contribution in [3.05, 3.63) is 0 Å². The molecule has 0 aromatic heterocycles. The maximum Gasteiger partial charge on any atom is 0.236 e. The van der Waals surface area contributed by atoms with Crippen LogP contribution >= 0.6 is 0 Å². The number of rotatable bonds is 3. The number of hydrogen-bond donors (Lipinski definition) is 1. The Morgan fingerprint density at radius 1 is 1.25 bits per heavy atom. The van der Waals surface area contributed by atoms with Gasteiger partial charge in [-0.2, -0.15) is 0 Å². The van der Waals surface area contributed by atoms with Gasteiger partial charge >= 0.3 is 0 Å². The summed E-state index contributed by atoms with van der Waals surface area (Å²) in [5, 5.41) is 3.39. The van der Waals surface area contributed by atoms with Crippen LogP contribution in [0.2, 0.25) is 0 Å². The SMILES string of the molecule is CNC1(C)CCN(CC(=O)N2CC(C)OC(C)C2)CC1. The van der Waals surface area contributed by atoms with E-state index in [0.717, 1.165) is 39.0 Å². The van der Waals surface area contributed by atoms with Gasteiger partial charge in [-0.25, -0.2) is 0 Å². The number of nitrogens with one attached hydrogen (secondary N) is 1. The number of likely N-dealkylation sites (tertiary alicyclic amines) is 1. The van der Waals surface area contributed by atoms with Crippen LogP contribution in [0.25, 0.3) is 0 Å². The van der Waals surface area contributed by atoms with Crippen LogP contribution in [0.1, 0.15) is 33.6 Å². The molecule has 2 rings (SSSR count). The summed E-state index contributed by atoms with van der Waals surface area (Å²) in [7, 11) is 2.03. The van der Waals surface area contributed by atoms with E-state index in [1.54, 1.807) is 0 Å². The van der Waals surface area contributed by atoms with E-state index in [1.807, 2.05) is 25.8 Å². The van der Waals surface area contributed by atoms with E-state index in [4.69, 9.17) is 4.74 Å². The molecule has 0 aromatic rings. The molecule has 2 heterocycles. The number of nitrogens with zero attached hydrogens (tertiary/aromatic N) is 2. The van der Waals surface area contributed by atoms with Gasteiger partial charge in [0.25, 0.3) is 0 Å². The van der Waals surface area contributed by atoms with Crippen molar-refractivity contribution in [1.29, 1.82) is 0 Å². The molecule has 0 aliphatic carbocycles. The average Bonchev–Trinajstić information content (AvgIpc) is 2.40. The number of carbonyl (C=O) groups excluding carboxylic acids is 1. The summed E-state index contributed by atoms with van der Waals surface area (Å²) in [5.74, 6) is 0.250. The highest BCUT2D eigenvalue weighted by atomic mass is 16.5. The molecule has 116 valence electrons. The molecule has 2 aliphatic rings. The first-order valence-electron chi connectivity index (χ1n) is 7.76. The largest absolute Gasteiger partial charge is 0.372 e. The third-order valence-corrected chi connectivity index (χ3v) is 4.69. The number of hydrogen-bond acceptors (Lipinski definition) is 4. The first-order chi connectivity index (χ1) is 9.42. The lowest BCUT2D eigenvalue weighted by Gasteiger charge is -2.40. The first-order valence-corrected chi connectivity index (χ1v) is 7.76. The third kappa shape index (κ3) is 3.93. The highest BCUT2D eigenvalue weighted by Crippen LogP contribution is 2.21. The normalized spacial score (nSPS) is 31.3. The predicted octanol–water partition coefficient (Wildman–Crippen LogP) is 0.696. The molecule has 0 spiro atoms. The quantitative estimate of drug-likeness (QED) is 0.828. The maximum absolute atomic E-state index is 12.4. The van der Waals surface area contributed by atoms with Crippen LogP contribution in [-0.4, -0.2) is 73.2 Å². The Kier molecular flexibility index (Phi) is 5.04. The van der Waals surface area contributed by atoms with Crippen molar-refractivity contribution in [2.45, 2.75) is 51.4 Å². The van der Waals surface area contributed by atoms with Crippen molar-refractivity contribution in [2.75, 3.05) is 39.8 Å². The second-order valence-corrected chi connectivity index (χ2v) is 6.64. The molecule has 5 heteroatoms. The van der Waals surface area contributed by atoms with E-state index in [9.17, 15) is 4.79 Å². The Morgan fingerprint density at radius 2 is 1.80 bits per heavy atom. The number of amides is 1. The van der Waals surface area contributed by atoms with Gasteiger partial charge in [0.05, 0.1) is 18.8 Å². The summed E-state index contributed by atoms with van der Waals surface area (Å²) >= 11 is 0. The Labute approximate surface area is 122 Å². The lowest BCUT2D eigenvalue weighted by molar-refractivity contribution is -0.144. The van der Waals surface area contributed by atoms with Gasteiger partial charge in [-0.1, -0.05) is 0 Å². The monoisotopic (exact) mass is 283 g/mol. The van der Waals surface area contributed by atoms with E-state index in [0.29, 0.717) is 6.54 Å². The maximum atomic E-state index is 12.4. The van der Waals surface area contributed by atoms with Crippen molar-refractivity contribution in [1.82, 2.24) is 15.1 Å². The van der Waals surface area contributed by atoms with Gasteiger partial charge in [0.2, 0.25) is 5.91 Å². The summed E-state index contributed by atoms with van der Waals surface area (Å²) in [5.41, 5.74) is 0.238. The standard InChI is InChI=1S/C15H29N3O2/c1-12-9-18(10-13(2)20-12)14(19)11-17-7-5-15(3,16-4)6-8-17/h12-13,16H,5-11H2,1-4H3. The van der Waals surface area contributed by atoms with Crippen molar-refractivity contribution in [3.63, 3.8) is 0 Å².